The molecule has 2 heterocycles. The van der Waals surface area contributed by atoms with Gasteiger partial charge in [-0.2, -0.15) is 0 Å². The molecular formula is C28H21BrCl2N4O. The van der Waals surface area contributed by atoms with Crippen molar-refractivity contribution in [3.8, 4) is 11.3 Å². The summed E-state index contributed by atoms with van der Waals surface area (Å²) in [5, 5.41) is 7.72. The number of nitrogens with one attached hydrogen (secondary N) is 2. The number of carbonyl (C=O) groups excluding carboxylic acids is 1. The highest BCUT2D eigenvalue weighted by Gasteiger charge is 2.12. The second-order valence-corrected chi connectivity index (χ2v) is 9.92. The lowest BCUT2D eigenvalue weighted by atomic mass is 10.1. The third-order valence-corrected chi connectivity index (χ3v) is 6.98. The molecule has 1 amide bonds. The first-order chi connectivity index (χ1) is 17.5. The van der Waals surface area contributed by atoms with Crippen LogP contribution in [0.4, 0.5) is 5.82 Å². The highest BCUT2D eigenvalue weighted by molar-refractivity contribution is 9.10. The second-order valence-electron chi connectivity index (χ2n) is 8.22. The van der Waals surface area contributed by atoms with E-state index in [9.17, 15) is 4.79 Å². The van der Waals surface area contributed by atoms with Crippen molar-refractivity contribution < 1.29 is 4.79 Å². The average molecular weight is 580 g/mol. The number of aromatic nitrogens is 2. The van der Waals surface area contributed by atoms with Crippen molar-refractivity contribution in [3.05, 3.63) is 122 Å². The molecule has 5 nitrogen and oxygen atoms in total. The molecule has 5 rings (SSSR count). The van der Waals surface area contributed by atoms with E-state index in [2.05, 4.69) is 38.7 Å². The fourth-order valence-corrected chi connectivity index (χ4v) is 4.60. The predicted octanol–water partition coefficient (Wildman–Crippen LogP) is 7.61. The molecule has 2 aromatic heterocycles. The summed E-state index contributed by atoms with van der Waals surface area (Å²) in [6, 6.07) is 26.6. The number of hydrogen-bond acceptors (Lipinski definition) is 3. The molecule has 36 heavy (non-hydrogen) atoms. The Kier molecular flexibility index (Phi) is 7.28. The highest BCUT2D eigenvalue weighted by Crippen LogP contribution is 2.31. The Morgan fingerprint density at radius 2 is 1.58 bits per heavy atom. The standard InChI is InChI=1S/C28H21BrCl2N4O/c29-23-13-14-35-26(15-25(34-27(23)35)22-3-1-2-4-24(22)31)32-16-18-5-7-19(8-6-18)17-33-28(36)20-9-11-21(30)12-10-20/h1-15,32H,16-17H2,(H,33,36). The fraction of sp³-hybridized carbons (Fsp3) is 0.0714. The van der Waals surface area contributed by atoms with Crippen molar-refractivity contribution in [2.24, 2.45) is 0 Å². The van der Waals surface area contributed by atoms with Gasteiger partial charge in [0.15, 0.2) is 5.65 Å². The summed E-state index contributed by atoms with van der Waals surface area (Å²) in [6.45, 7) is 1.06. The van der Waals surface area contributed by atoms with Crippen molar-refractivity contribution in [2.45, 2.75) is 13.1 Å². The van der Waals surface area contributed by atoms with Crippen LogP contribution in [0.3, 0.4) is 0 Å². The topological polar surface area (TPSA) is 58.4 Å². The van der Waals surface area contributed by atoms with Gasteiger partial charge in [0, 0.05) is 46.5 Å². The summed E-state index contributed by atoms with van der Waals surface area (Å²) in [5.41, 5.74) is 5.18. The van der Waals surface area contributed by atoms with Crippen LogP contribution in [-0.4, -0.2) is 15.3 Å². The van der Waals surface area contributed by atoms with Crippen LogP contribution in [0.15, 0.2) is 95.6 Å². The molecular weight excluding hydrogens is 559 g/mol. The van der Waals surface area contributed by atoms with E-state index >= 15 is 0 Å². The Balaban J connectivity index is 1.28. The van der Waals surface area contributed by atoms with E-state index in [0.717, 1.165) is 38.3 Å². The maximum atomic E-state index is 12.3. The molecule has 0 fully saturated rings. The number of amides is 1. The van der Waals surface area contributed by atoms with Gasteiger partial charge in [0.05, 0.1) is 10.2 Å². The highest BCUT2D eigenvalue weighted by atomic mass is 79.9. The number of fused-ring (bicyclic) bond motifs is 1. The first kappa shape index (κ1) is 24.4. The van der Waals surface area contributed by atoms with Gasteiger partial charge in [-0.25, -0.2) is 4.98 Å². The minimum absolute atomic E-state index is 0.133. The van der Waals surface area contributed by atoms with E-state index in [1.165, 1.54) is 0 Å². The zero-order chi connectivity index (χ0) is 25.1. The molecule has 5 aromatic rings. The Labute approximate surface area is 227 Å². The molecule has 180 valence electrons. The van der Waals surface area contributed by atoms with Crippen molar-refractivity contribution in [1.82, 2.24) is 14.7 Å². The number of nitrogens with zero attached hydrogens (tertiary/aromatic N) is 2. The lowest BCUT2D eigenvalue weighted by Crippen LogP contribution is -2.22. The van der Waals surface area contributed by atoms with Crippen molar-refractivity contribution in [3.63, 3.8) is 0 Å². The van der Waals surface area contributed by atoms with Crippen LogP contribution in [0.25, 0.3) is 16.9 Å². The zero-order valence-corrected chi connectivity index (χ0v) is 22.1. The fourth-order valence-electron chi connectivity index (χ4n) is 3.84. The van der Waals surface area contributed by atoms with E-state index in [4.69, 9.17) is 28.2 Å². The molecule has 0 bridgehead atoms. The van der Waals surface area contributed by atoms with Crippen LogP contribution in [0.5, 0.6) is 0 Å². The van der Waals surface area contributed by atoms with Crippen LogP contribution in [0.1, 0.15) is 21.5 Å². The van der Waals surface area contributed by atoms with Crippen molar-refractivity contribution in [2.75, 3.05) is 5.32 Å². The summed E-state index contributed by atoms with van der Waals surface area (Å²) >= 11 is 15.9. The molecule has 0 spiro atoms. The number of carbonyl (C=O) groups is 1. The molecule has 0 aliphatic rings. The van der Waals surface area contributed by atoms with Gasteiger partial charge in [-0.15, -0.1) is 0 Å². The van der Waals surface area contributed by atoms with Crippen LogP contribution in [0, 0.1) is 0 Å². The lowest BCUT2D eigenvalue weighted by Gasteiger charge is -2.13. The number of anilines is 1. The number of halogens is 3. The van der Waals surface area contributed by atoms with Gasteiger partial charge < -0.3 is 10.6 Å². The Morgan fingerprint density at radius 1 is 0.889 bits per heavy atom. The number of benzene rings is 3. The molecule has 0 saturated heterocycles. The largest absolute Gasteiger partial charge is 0.367 e. The Hall–Kier alpha value is -3.32. The summed E-state index contributed by atoms with van der Waals surface area (Å²) in [5.74, 6) is 0.770. The van der Waals surface area contributed by atoms with E-state index < -0.39 is 0 Å². The van der Waals surface area contributed by atoms with Crippen LogP contribution in [-0.2, 0) is 13.1 Å². The molecule has 0 atom stereocenters. The van der Waals surface area contributed by atoms with E-state index in [1.807, 2.05) is 59.1 Å². The molecule has 0 aliphatic carbocycles. The number of hydrogen-bond donors (Lipinski definition) is 2. The third kappa shape index (κ3) is 5.41. The lowest BCUT2D eigenvalue weighted by molar-refractivity contribution is 0.0951. The average Bonchev–Trinajstić information content (AvgIpc) is 3.27. The summed E-state index contributed by atoms with van der Waals surface area (Å²) in [7, 11) is 0. The van der Waals surface area contributed by atoms with Gasteiger partial charge in [0.25, 0.3) is 5.91 Å². The SMILES string of the molecule is O=C(NCc1ccc(CNc2cc(-c3ccccc3Cl)nc3c(Br)ccn23)cc1)c1ccc(Cl)cc1. The van der Waals surface area contributed by atoms with Gasteiger partial charge in [0.1, 0.15) is 5.82 Å². The first-order valence-corrected chi connectivity index (χ1v) is 12.8. The van der Waals surface area contributed by atoms with Crippen molar-refractivity contribution >= 4 is 56.5 Å². The van der Waals surface area contributed by atoms with E-state index in [1.54, 1.807) is 24.3 Å². The first-order valence-electron chi connectivity index (χ1n) is 11.3. The Bertz CT molecular complexity index is 1530. The molecule has 0 radical (unpaired) electrons. The van der Waals surface area contributed by atoms with Gasteiger partial charge in [-0.05, 0) is 63.5 Å². The van der Waals surface area contributed by atoms with E-state index in [0.29, 0.717) is 28.7 Å². The van der Waals surface area contributed by atoms with Crippen LogP contribution >= 0.6 is 39.1 Å². The van der Waals surface area contributed by atoms with Crippen LogP contribution in [0.2, 0.25) is 10.0 Å². The molecule has 8 heteroatoms. The minimum atomic E-state index is -0.133. The normalized spacial score (nSPS) is 11.0. The second kappa shape index (κ2) is 10.7. The predicted molar refractivity (Wildman–Crippen MR) is 150 cm³/mol. The van der Waals surface area contributed by atoms with Crippen molar-refractivity contribution in [1.29, 1.82) is 0 Å². The monoisotopic (exact) mass is 578 g/mol. The van der Waals surface area contributed by atoms with Gasteiger partial charge in [-0.1, -0.05) is 65.7 Å². The summed E-state index contributed by atoms with van der Waals surface area (Å²) in [6.07, 6.45) is 1.97. The van der Waals surface area contributed by atoms with Gasteiger partial charge >= 0.3 is 0 Å². The van der Waals surface area contributed by atoms with Gasteiger partial charge in [-0.3, -0.25) is 9.20 Å². The molecule has 0 saturated carbocycles. The summed E-state index contributed by atoms with van der Waals surface area (Å²) < 4.78 is 2.91. The van der Waals surface area contributed by atoms with Gasteiger partial charge in [0.2, 0.25) is 0 Å². The summed E-state index contributed by atoms with van der Waals surface area (Å²) in [4.78, 5) is 17.1. The third-order valence-electron chi connectivity index (χ3n) is 5.78. The smallest absolute Gasteiger partial charge is 0.251 e. The zero-order valence-electron chi connectivity index (χ0n) is 19.0. The molecule has 0 aliphatic heterocycles. The molecule has 0 unspecified atom stereocenters. The molecule has 2 N–H and O–H groups in total. The van der Waals surface area contributed by atoms with E-state index in [-0.39, 0.29) is 5.91 Å². The quantitative estimate of drug-likeness (QED) is 0.208. The maximum Gasteiger partial charge on any atom is 0.251 e. The molecule has 3 aromatic carbocycles. The Morgan fingerprint density at radius 3 is 2.31 bits per heavy atom. The van der Waals surface area contributed by atoms with Crippen LogP contribution < -0.4 is 10.6 Å². The maximum absolute atomic E-state index is 12.3. The number of rotatable bonds is 7. The minimum Gasteiger partial charge on any atom is -0.367 e.